The van der Waals surface area contributed by atoms with Gasteiger partial charge in [-0.05, 0) is 12.8 Å². The van der Waals surface area contributed by atoms with Crippen molar-refractivity contribution in [3.05, 3.63) is 0 Å². The zero-order valence-corrected chi connectivity index (χ0v) is 45.3. The minimum Gasteiger partial charge on any atom is -0.394 e. The molecule has 1 amide bonds. The monoisotopic (exact) mass is 1070 g/mol. The molecule has 0 bridgehead atoms. The van der Waals surface area contributed by atoms with E-state index in [2.05, 4.69) is 19.2 Å². The van der Waals surface area contributed by atoms with E-state index in [0.717, 1.165) is 44.9 Å². The third-order valence-corrected chi connectivity index (χ3v) is 15.2. The van der Waals surface area contributed by atoms with E-state index in [4.69, 9.17) is 28.4 Å². The van der Waals surface area contributed by atoms with Crippen molar-refractivity contribution < 1.29 is 89.4 Å². The summed E-state index contributed by atoms with van der Waals surface area (Å²) in [7, 11) is 0. The van der Waals surface area contributed by atoms with Crippen molar-refractivity contribution >= 4 is 5.91 Å². The molecule has 19 nitrogen and oxygen atoms in total. The fraction of sp³-hybridized carbons (Fsp3) is 0.982. The number of ether oxygens (including phenoxy) is 6. The Hall–Kier alpha value is -1.21. The third-order valence-electron chi connectivity index (χ3n) is 15.2. The average Bonchev–Trinajstić information content (AvgIpc) is 3.40. The van der Waals surface area contributed by atoms with Crippen LogP contribution in [0.15, 0.2) is 0 Å². The molecule has 438 valence electrons. The van der Waals surface area contributed by atoms with Gasteiger partial charge < -0.3 is 89.9 Å². The molecule has 0 aliphatic carbocycles. The van der Waals surface area contributed by atoms with E-state index >= 15 is 0 Å². The zero-order chi connectivity index (χ0) is 54.1. The molecule has 0 saturated carbocycles. The maximum Gasteiger partial charge on any atom is 0.220 e. The Bertz CT molecular complexity index is 1370. The summed E-state index contributed by atoms with van der Waals surface area (Å²) in [6.07, 6.45) is 9.25. The van der Waals surface area contributed by atoms with Crippen molar-refractivity contribution in [3.63, 3.8) is 0 Å². The van der Waals surface area contributed by atoms with Crippen LogP contribution in [0, 0.1) is 0 Å². The van der Waals surface area contributed by atoms with Crippen LogP contribution in [0.3, 0.4) is 0 Å². The molecule has 0 aromatic heterocycles. The van der Waals surface area contributed by atoms with E-state index in [-0.39, 0.29) is 18.9 Å². The first kappa shape index (κ1) is 67.1. The summed E-state index contributed by atoms with van der Waals surface area (Å²) in [5.74, 6) is -0.244. The predicted octanol–water partition coefficient (Wildman–Crippen LogP) is 4.43. The fourth-order valence-electron chi connectivity index (χ4n) is 10.3. The van der Waals surface area contributed by atoms with Gasteiger partial charge in [0.15, 0.2) is 18.9 Å². The summed E-state index contributed by atoms with van der Waals surface area (Å²) in [5.41, 5.74) is 0. The average molecular weight is 1070 g/mol. The van der Waals surface area contributed by atoms with E-state index in [9.17, 15) is 61.0 Å². The molecule has 0 spiro atoms. The summed E-state index contributed by atoms with van der Waals surface area (Å²) in [4.78, 5) is 13.2. The Morgan fingerprint density at radius 3 is 1.18 bits per heavy atom. The lowest BCUT2D eigenvalue weighted by Crippen LogP contribution is -2.66. The van der Waals surface area contributed by atoms with Crippen LogP contribution < -0.4 is 5.32 Å². The lowest BCUT2D eigenvalue weighted by atomic mass is 9.96. The van der Waals surface area contributed by atoms with Gasteiger partial charge in [0.2, 0.25) is 5.91 Å². The molecule has 0 aromatic carbocycles. The second-order valence-corrected chi connectivity index (χ2v) is 21.5. The fourth-order valence-corrected chi connectivity index (χ4v) is 10.3. The molecule has 3 rings (SSSR count). The van der Waals surface area contributed by atoms with Gasteiger partial charge in [-0.15, -0.1) is 0 Å². The van der Waals surface area contributed by atoms with Crippen LogP contribution in [0.5, 0.6) is 0 Å². The number of carbonyl (C=O) groups excluding carboxylic acids is 1. The van der Waals surface area contributed by atoms with Crippen molar-refractivity contribution in [2.75, 3.05) is 26.4 Å². The zero-order valence-electron chi connectivity index (χ0n) is 45.3. The largest absolute Gasteiger partial charge is 0.394 e. The van der Waals surface area contributed by atoms with Crippen LogP contribution in [-0.2, 0) is 33.2 Å². The van der Waals surface area contributed by atoms with Gasteiger partial charge in [0.1, 0.15) is 73.2 Å². The van der Waals surface area contributed by atoms with E-state index in [1.165, 1.54) is 135 Å². The lowest BCUT2D eigenvalue weighted by molar-refractivity contribution is -0.379. The van der Waals surface area contributed by atoms with Gasteiger partial charge in [-0.2, -0.15) is 0 Å². The molecule has 19 heteroatoms. The van der Waals surface area contributed by atoms with Gasteiger partial charge in [-0.3, -0.25) is 4.79 Å². The van der Waals surface area contributed by atoms with Crippen molar-refractivity contribution in [2.24, 2.45) is 0 Å². The smallest absolute Gasteiger partial charge is 0.220 e. The second-order valence-electron chi connectivity index (χ2n) is 21.5. The van der Waals surface area contributed by atoms with Crippen molar-refractivity contribution in [2.45, 2.75) is 317 Å². The van der Waals surface area contributed by atoms with Gasteiger partial charge >= 0.3 is 0 Å². The minimum atomic E-state index is -1.97. The number of rotatable bonds is 43. The van der Waals surface area contributed by atoms with Crippen LogP contribution >= 0.6 is 0 Å². The number of unbranched alkanes of at least 4 members (excludes halogenated alkanes) is 27. The maximum absolute atomic E-state index is 13.2. The third kappa shape index (κ3) is 24.4. The first-order chi connectivity index (χ1) is 35.8. The second kappa shape index (κ2) is 40.0. The predicted molar refractivity (Wildman–Crippen MR) is 277 cm³/mol. The van der Waals surface area contributed by atoms with E-state index in [1.807, 2.05) is 0 Å². The van der Waals surface area contributed by atoms with Crippen molar-refractivity contribution in [3.8, 4) is 0 Å². The molecule has 0 radical (unpaired) electrons. The standard InChI is InChI=1S/C55H105NO18/c1-3-5-7-9-11-13-14-15-16-17-18-19-20-21-22-23-25-26-28-30-32-39(60)38(56-43(61)33-31-29-27-24-12-10-8-6-4-2)37-69-53-49(67)46(64)51(41(35-58)71-53)74-55-50(68)47(65)52(42(36-59)72-55)73-54-48(66)45(63)44(62)40(34-57)70-54/h38-42,44-55,57-60,62-68H,3-37H2,1-2H3,(H,56,61). The molecule has 0 aromatic rings. The van der Waals surface area contributed by atoms with Crippen LogP contribution in [0.4, 0.5) is 0 Å². The first-order valence-electron chi connectivity index (χ1n) is 29.3. The van der Waals surface area contributed by atoms with E-state index in [0.29, 0.717) is 12.8 Å². The van der Waals surface area contributed by atoms with E-state index in [1.54, 1.807) is 0 Å². The lowest BCUT2D eigenvalue weighted by Gasteiger charge is -2.48. The Morgan fingerprint density at radius 2 is 0.770 bits per heavy atom. The highest BCUT2D eigenvalue weighted by Crippen LogP contribution is 2.33. The molecule has 12 N–H and O–H groups in total. The van der Waals surface area contributed by atoms with Gasteiger partial charge in [-0.1, -0.05) is 194 Å². The Labute approximate surface area is 443 Å². The molecule has 3 saturated heterocycles. The topological polar surface area (TPSA) is 307 Å². The summed E-state index contributed by atoms with van der Waals surface area (Å²) in [5, 5.41) is 120. The highest BCUT2D eigenvalue weighted by atomic mass is 16.8. The number of aliphatic hydroxyl groups excluding tert-OH is 11. The highest BCUT2D eigenvalue weighted by molar-refractivity contribution is 5.76. The van der Waals surface area contributed by atoms with Crippen LogP contribution in [0.1, 0.15) is 213 Å². The first-order valence-corrected chi connectivity index (χ1v) is 29.3. The minimum absolute atomic E-state index is 0.244. The van der Waals surface area contributed by atoms with E-state index < -0.39 is 124 Å². The molecular formula is C55H105NO18. The van der Waals surface area contributed by atoms with Crippen LogP contribution in [0.25, 0.3) is 0 Å². The molecule has 3 heterocycles. The molecule has 74 heavy (non-hydrogen) atoms. The molecule has 3 fully saturated rings. The Balaban J connectivity index is 1.47. The SMILES string of the molecule is CCCCCCCCCCCCCCCCCCCCCCC(O)C(COC1OC(CO)C(OC2OC(CO)C(OC3OC(CO)C(O)C(O)C3O)C(O)C2O)C(O)C1O)NC(=O)CCCCCCCCCCC. The maximum atomic E-state index is 13.2. The Morgan fingerprint density at radius 1 is 0.432 bits per heavy atom. The van der Waals surface area contributed by atoms with Gasteiger partial charge in [-0.25, -0.2) is 0 Å². The summed E-state index contributed by atoms with van der Waals surface area (Å²) in [6.45, 7) is 1.77. The molecular weight excluding hydrogens is 963 g/mol. The number of aliphatic hydroxyl groups is 11. The van der Waals surface area contributed by atoms with Crippen molar-refractivity contribution in [1.82, 2.24) is 5.32 Å². The van der Waals surface area contributed by atoms with Crippen LogP contribution in [0.2, 0.25) is 0 Å². The van der Waals surface area contributed by atoms with Gasteiger partial charge in [0.25, 0.3) is 0 Å². The number of nitrogens with one attached hydrogen (secondary N) is 1. The van der Waals surface area contributed by atoms with Gasteiger partial charge in [0, 0.05) is 6.42 Å². The summed E-state index contributed by atoms with van der Waals surface area (Å²) < 4.78 is 34.2. The molecule has 3 aliphatic heterocycles. The number of carbonyl (C=O) groups is 1. The number of hydrogen-bond donors (Lipinski definition) is 12. The normalized spacial score (nSPS) is 31.4. The number of hydrogen-bond acceptors (Lipinski definition) is 18. The highest BCUT2D eigenvalue weighted by Gasteiger charge is 2.53. The number of amides is 1. The summed E-state index contributed by atoms with van der Waals surface area (Å²) in [6, 6.07) is -0.878. The van der Waals surface area contributed by atoms with Gasteiger partial charge in [0.05, 0.1) is 38.6 Å². The molecule has 17 unspecified atom stereocenters. The van der Waals surface area contributed by atoms with Crippen molar-refractivity contribution in [1.29, 1.82) is 0 Å². The molecule has 17 atom stereocenters. The summed E-state index contributed by atoms with van der Waals surface area (Å²) >= 11 is 0. The quantitative estimate of drug-likeness (QED) is 0.0376. The Kier molecular flexibility index (Phi) is 36.3. The molecule has 3 aliphatic rings. The van der Waals surface area contributed by atoms with Crippen LogP contribution in [-0.4, -0.2) is 193 Å².